The summed E-state index contributed by atoms with van der Waals surface area (Å²) >= 11 is 0. The van der Waals surface area contributed by atoms with Crippen molar-refractivity contribution >= 4 is 5.91 Å². The summed E-state index contributed by atoms with van der Waals surface area (Å²) < 4.78 is 0. The van der Waals surface area contributed by atoms with Crippen molar-refractivity contribution < 1.29 is 4.79 Å². The van der Waals surface area contributed by atoms with Crippen molar-refractivity contribution in [3.05, 3.63) is 0 Å². The summed E-state index contributed by atoms with van der Waals surface area (Å²) in [6.45, 7) is 2.75. The van der Waals surface area contributed by atoms with Gasteiger partial charge in [0.2, 0.25) is 5.91 Å². The van der Waals surface area contributed by atoms with Gasteiger partial charge in [0.1, 0.15) is 0 Å². The molecule has 11 heavy (non-hydrogen) atoms. The lowest BCUT2D eigenvalue weighted by atomic mass is 9.89. The summed E-state index contributed by atoms with van der Waals surface area (Å²) in [6.07, 6.45) is 6.00. The average Bonchev–Trinajstić information content (AvgIpc) is 2.07. The third-order valence-electron chi connectivity index (χ3n) is 2.33. The molecule has 0 atom stereocenters. The van der Waals surface area contributed by atoms with Gasteiger partial charge in [-0.3, -0.25) is 4.79 Å². The molecule has 1 saturated carbocycles. The lowest BCUT2D eigenvalue weighted by Gasteiger charge is -2.20. The van der Waals surface area contributed by atoms with E-state index < -0.39 is 0 Å². The molecule has 1 rings (SSSR count). The van der Waals surface area contributed by atoms with Crippen LogP contribution >= 0.6 is 0 Å². The van der Waals surface area contributed by atoms with Gasteiger partial charge in [0.25, 0.3) is 0 Å². The summed E-state index contributed by atoms with van der Waals surface area (Å²) in [5.74, 6) is 0.593. The maximum absolute atomic E-state index is 11.3. The first-order valence-corrected chi connectivity index (χ1v) is 4.62. The van der Waals surface area contributed by atoms with Gasteiger partial charge < -0.3 is 5.32 Å². The van der Waals surface area contributed by atoms with Gasteiger partial charge in [0.15, 0.2) is 0 Å². The summed E-state index contributed by atoms with van der Waals surface area (Å²) in [5.41, 5.74) is 0. The molecule has 2 nitrogen and oxygen atoms in total. The van der Waals surface area contributed by atoms with E-state index in [1.54, 1.807) is 0 Å². The summed E-state index contributed by atoms with van der Waals surface area (Å²) in [4.78, 5) is 11.3. The van der Waals surface area contributed by atoms with Gasteiger partial charge in [-0.15, -0.1) is 0 Å². The van der Waals surface area contributed by atoms with E-state index in [9.17, 15) is 4.79 Å². The van der Waals surface area contributed by atoms with Crippen molar-refractivity contribution in [2.75, 3.05) is 6.54 Å². The van der Waals surface area contributed by atoms with Crippen LogP contribution < -0.4 is 5.32 Å². The fraction of sp³-hybridized carbons (Fsp3) is 0.889. The SMILES string of the molecule is CCNC(=O)C1CCCCC1. The molecule has 2 heteroatoms. The van der Waals surface area contributed by atoms with Gasteiger partial charge in [0, 0.05) is 12.5 Å². The third kappa shape index (κ3) is 2.52. The Morgan fingerprint density at radius 1 is 1.36 bits per heavy atom. The Labute approximate surface area is 68.4 Å². The Morgan fingerprint density at radius 3 is 2.55 bits per heavy atom. The van der Waals surface area contributed by atoms with Crippen LogP contribution in [0, 0.1) is 5.92 Å². The predicted molar refractivity (Wildman–Crippen MR) is 45.3 cm³/mol. The normalized spacial score (nSPS) is 19.7. The Bertz CT molecular complexity index is 128. The number of hydrogen-bond acceptors (Lipinski definition) is 1. The highest BCUT2D eigenvalue weighted by Gasteiger charge is 2.19. The zero-order chi connectivity index (χ0) is 8.10. The summed E-state index contributed by atoms with van der Waals surface area (Å²) in [6, 6.07) is 0. The van der Waals surface area contributed by atoms with Crippen LogP contribution in [0.5, 0.6) is 0 Å². The van der Waals surface area contributed by atoms with E-state index in [-0.39, 0.29) is 5.91 Å². The van der Waals surface area contributed by atoms with Crippen LogP contribution in [-0.2, 0) is 4.79 Å². The minimum absolute atomic E-state index is 0.271. The fourth-order valence-electron chi connectivity index (χ4n) is 1.68. The van der Waals surface area contributed by atoms with Gasteiger partial charge in [-0.25, -0.2) is 0 Å². The number of rotatable bonds is 2. The Balaban J connectivity index is 2.27. The first-order chi connectivity index (χ1) is 5.34. The van der Waals surface area contributed by atoms with Crippen molar-refractivity contribution in [2.24, 2.45) is 5.92 Å². The van der Waals surface area contributed by atoms with Crippen molar-refractivity contribution in [2.45, 2.75) is 39.0 Å². The number of amides is 1. The molecule has 0 aliphatic heterocycles. The van der Waals surface area contributed by atoms with Gasteiger partial charge in [0.05, 0.1) is 0 Å². The van der Waals surface area contributed by atoms with Crippen molar-refractivity contribution in [1.29, 1.82) is 0 Å². The average molecular weight is 155 g/mol. The Hall–Kier alpha value is -0.530. The van der Waals surface area contributed by atoms with Crippen LogP contribution in [0.15, 0.2) is 0 Å². The highest BCUT2D eigenvalue weighted by Crippen LogP contribution is 2.23. The van der Waals surface area contributed by atoms with Crippen LogP contribution in [-0.4, -0.2) is 12.5 Å². The van der Waals surface area contributed by atoms with Crippen molar-refractivity contribution in [1.82, 2.24) is 5.32 Å². The molecule has 0 spiro atoms. The van der Waals surface area contributed by atoms with Crippen LogP contribution in [0.25, 0.3) is 0 Å². The molecule has 0 aromatic carbocycles. The predicted octanol–water partition coefficient (Wildman–Crippen LogP) is 1.70. The van der Waals surface area contributed by atoms with Crippen molar-refractivity contribution in [3.8, 4) is 0 Å². The van der Waals surface area contributed by atoms with Gasteiger partial charge in [-0.05, 0) is 19.8 Å². The highest BCUT2D eigenvalue weighted by molar-refractivity contribution is 5.78. The molecule has 0 aromatic rings. The number of carbonyl (C=O) groups excluding carboxylic acids is 1. The molecule has 0 unspecified atom stereocenters. The molecule has 1 aliphatic rings. The second-order valence-corrected chi connectivity index (χ2v) is 3.23. The minimum Gasteiger partial charge on any atom is -0.356 e. The van der Waals surface area contributed by atoms with Crippen LogP contribution in [0.1, 0.15) is 39.0 Å². The lowest BCUT2D eigenvalue weighted by Crippen LogP contribution is -2.31. The maximum atomic E-state index is 11.3. The molecule has 64 valence electrons. The number of carbonyl (C=O) groups is 1. The lowest BCUT2D eigenvalue weighted by molar-refractivity contribution is -0.125. The second-order valence-electron chi connectivity index (χ2n) is 3.23. The standard InChI is InChI=1S/C9H17NO/c1-2-10-9(11)8-6-4-3-5-7-8/h8H,2-7H2,1H3,(H,10,11). The first-order valence-electron chi connectivity index (χ1n) is 4.62. The van der Waals surface area contributed by atoms with Gasteiger partial charge >= 0.3 is 0 Å². The Kier molecular flexibility index (Phi) is 3.40. The smallest absolute Gasteiger partial charge is 0.223 e. The van der Waals surface area contributed by atoms with E-state index in [1.807, 2.05) is 6.92 Å². The number of nitrogens with one attached hydrogen (secondary N) is 1. The maximum Gasteiger partial charge on any atom is 0.223 e. The molecule has 0 aromatic heterocycles. The summed E-state index contributed by atoms with van der Waals surface area (Å²) in [5, 5.41) is 2.88. The third-order valence-corrected chi connectivity index (χ3v) is 2.33. The topological polar surface area (TPSA) is 29.1 Å². The molecule has 1 N–H and O–H groups in total. The quantitative estimate of drug-likeness (QED) is 0.646. The molecular weight excluding hydrogens is 138 g/mol. The minimum atomic E-state index is 0.271. The largest absolute Gasteiger partial charge is 0.356 e. The zero-order valence-electron chi connectivity index (χ0n) is 7.23. The molecule has 1 aliphatic carbocycles. The Morgan fingerprint density at radius 2 is 2.00 bits per heavy atom. The molecule has 0 heterocycles. The van der Waals surface area contributed by atoms with E-state index >= 15 is 0 Å². The van der Waals surface area contributed by atoms with Crippen LogP contribution in [0.4, 0.5) is 0 Å². The van der Waals surface area contributed by atoms with E-state index in [2.05, 4.69) is 5.32 Å². The van der Waals surface area contributed by atoms with Crippen molar-refractivity contribution in [3.63, 3.8) is 0 Å². The monoisotopic (exact) mass is 155 g/mol. The van der Waals surface area contributed by atoms with Gasteiger partial charge in [-0.2, -0.15) is 0 Å². The molecular formula is C9H17NO. The molecule has 1 fully saturated rings. The fourth-order valence-corrected chi connectivity index (χ4v) is 1.68. The zero-order valence-corrected chi connectivity index (χ0v) is 7.23. The van der Waals surface area contributed by atoms with Crippen LogP contribution in [0.3, 0.4) is 0 Å². The van der Waals surface area contributed by atoms with E-state index in [0.717, 1.165) is 19.4 Å². The second kappa shape index (κ2) is 4.37. The van der Waals surface area contributed by atoms with E-state index in [1.165, 1.54) is 19.3 Å². The molecule has 0 bridgehead atoms. The van der Waals surface area contributed by atoms with Gasteiger partial charge in [-0.1, -0.05) is 19.3 Å². The first kappa shape index (κ1) is 8.57. The molecule has 1 amide bonds. The number of hydrogen-bond donors (Lipinski definition) is 1. The van der Waals surface area contributed by atoms with Crippen LogP contribution in [0.2, 0.25) is 0 Å². The van der Waals surface area contributed by atoms with E-state index in [4.69, 9.17) is 0 Å². The summed E-state index contributed by atoms with van der Waals surface area (Å²) in [7, 11) is 0. The molecule has 0 radical (unpaired) electrons. The molecule has 0 saturated heterocycles. The van der Waals surface area contributed by atoms with E-state index in [0.29, 0.717) is 5.92 Å². The highest BCUT2D eigenvalue weighted by atomic mass is 16.1.